The summed E-state index contributed by atoms with van der Waals surface area (Å²) in [7, 11) is 0. The summed E-state index contributed by atoms with van der Waals surface area (Å²) < 4.78 is 5.68. The molecular formula is C16H18N4O. The quantitative estimate of drug-likeness (QED) is 0.906. The number of aromatic nitrogens is 1. The maximum Gasteiger partial charge on any atom is 0.130 e. The number of rotatable bonds is 2. The number of morpholine rings is 1. The molecule has 1 aromatic heterocycles. The highest BCUT2D eigenvalue weighted by Gasteiger charge is 2.24. The molecule has 1 fully saturated rings. The summed E-state index contributed by atoms with van der Waals surface area (Å²) in [5, 5.41) is 10.2. The smallest absolute Gasteiger partial charge is 0.130 e. The number of ether oxygens (including phenoxy) is 1. The van der Waals surface area contributed by atoms with E-state index in [1.807, 2.05) is 37.3 Å². The molecule has 3 rings (SSSR count). The Morgan fingerprint density at radius 3 is 3.05 bits per heavy atom. The molecule has 2 heterocycles. The first-order valence-corrected chi connectivity index (χ1v) is 7.11. The highest BCUT2D eigenvalue weighted by Crippen LogP contribution is 2.24. The zero-order valence-corrected chi connectivity index (χ0v) is 12.0. The monoisotopic (exact) mass is 282 g/mol. The van der Waals surface area contributed by atoms with Crippen LogP contribution in [0.3, 0.4) is 0 Å². The number of anilines is 1. The Morgan fingerprint density at radius 1 is 1.48 bits per heavy atom. The molecule has 1 aliphatic heterocycles. The van der Waals surface area contributed by atoms with Gasteiger partial charge in [0.25, 0.3) is 0 Å². The molecular weight excluding hydrogens is 264 g/mol. The van der Waals surface area contributed by atoms with Crippen molar-refractivity contribution in [3.05, 3.63) is 35.9 Å². The lowest BCUT2D eigenvalue weighted by Gasteiger charge is -2.35. The molecule has 0 radical (unpaired) electrons. The lowest BCUT2D eigenvalue weighted by molar-refractivity contribution is 0.0273. The van der Waals surface area contributed by atoms with Crippen LogP contribution in [-0.4, -0.2) is 36.8 Å². The van der Waals surface area contributed by atoms with Crippen LogP contribution in [0.4, 0.5) is 5.82 Å². The van der Waals surface area contributed by atoms with Crippen molar-refractivity contribution in [3.63, 3.8) is 0 Å². The number of nitrogens with two attached hydrogens (primary N) is 1. The van der Waals surface area contributed by atoms with E-state index in [0.29, 0.717) is 18.7 Å². The van der Waals surface area contributed by atoms with Crippen molar-refractivity contribution in [1.82, 2.24) is 4.98 Å². The Labute approximate surface area is 123 Å². The minimum absolute atomic E-state index is 0.00226. The number of nitrogens with zero attached hydrogens (tertiary/aromatic N) is 3. The number of benzene rings is 1. The highest BCUT2D eigenvalue weighted by atomic mass is 16.5. The highest BCUT2D eigenvalue weighted by molar-refractivity contribution is 5.86. The molecule has 5 heteroatoms. The summed E-state index contributed by atoms with van der Waals surface area (Å²) in [5.41, 5.74) is 7.42. The molecule has 0 amide bonds. The third kappa shape index (κ3) is 2.68. The Bertz CT molecular complexity index is 692. The summed E-state index contributed by atoms with van der Waals surface area (Å²) in [6, 6.07) is 11.8. The van der Waals surface area contributed by atoms with Gasteiger partial charge in [-0.15, -0.1) is 0 Å². The van der Waals surface area contributed by atoms with Gasteiger partial charge in [-0.1, -0.05) is 18.2 Å². The Kier molecular flexibility index (Phi) is 3.74. The van der Waals surface area contributed by atoms with Crippen molar-refractivity contribution >= 4 is 16.7 Å². The van der Waals surface area contributed by atoms with Gasteiger partial charge < -0.3 is 15.4 Å². The molecule has 1 aromatic carbocycles. The fourth-order valence-electron chi connectivity index (χ4n) is 2.62. The summed E-state index contributed by atoms with van der Waals surface area (Å²) in [4.78, 5) is 6.82. The molecule has 5 nitrogen and oxygen atoms in total. The van der Waals surface area contributed by atoms with Gasteiger partial charge in [-0.25, -0.2) is 4.98 Å². The standard InChI is InChI=1S/C16H18N4O/c1-11(18)15-10-20(6-7-21-15)16-8-12(9-17)13-4-2-3-5-14(13)19-16/h2-5,8,11,15H,6-7,10,18H2,1H3. The van der Waals surface area contributed by atoms with Crippen LogP contribution >= 0.6 is 0 Å². The van der Waals surface area contributed by atoms with Gasteiger partial charge in [-0.2, -0.15) is 5.26 Å². The molecule has 0 saturated carbocycles. The van der Waals surface area contributed by atoms with Crippen molar-refractivity contribution in [3.8, 4) is 6.07 Å². The van der Waals surface area contributed by atoms with Crippen LogP contribution in [0.1, 0.15) is 12.5 Å². The largest absolute Gasteiger partial charge is 0.373 e. The number of hydrogen-bond donors (Lipinski definition) is 1. The van der Waals surface area contributed by atoms with Crippen molar-refractivity contribution in [2.45, 2.75) is 19.1 Å². The summed E-state index contributed by atoms with van der Waals surface area (Å²) in [5.74, 6) is 0.819. The van der Waals surface area contributed by atoms with E-state index in [1.165, 1.54) is 0 Å². The van der Waals surface area contributed by atoms with Crippen LogP contribution in [-0.2, 0) is 4.74 Å². The van der Waals surface area contributed by atoms with E-state index in [2.05, 4.69) is 16.0 Å². The number of para-hydroxylation sites is 1. The molecule has 108 valence electrons. The third-order valence-electron chi connectivity index (χ3n) is 3.83. The minimum Gasteiger partial charge on any atom is -0.373 e. The lowest BCUT2D eigenvalue weighted by Crippen LogP contribution is -2.49. The van der Waals surface area contributed by atoms with Gasteiger partial charge in [-0.05, 0) is 19.1 Å². The van der Waals surface area contributed by atoms with Crippen LogP contribution in [0, 0.1) is 11.3 Å². The van der Waals surface area contributed by atoms with Crippen molar-refractivity contribution in [2.24, 2.45) is 5.73 Å². The van der Waals surface area contributed by atoms with E-state index in [0.717, 1.165) is 23.3 Å². The predicted molar refractivity (Wildman–Crippen MR) is 82.1 cm³/mol. The molecule has 2 aromatic rings. The fourth-order valence-corrected chi connectivity index (χ4v) is 2.62. The Hall–Kier alpha value is -2.16. The average Bonchev–Trinajstić information content (AvgIpc) is 2.53. The van der Waals surface area contributed by atoms with E-state index in [4.69, 9.17) is 10.5 Å². The van der Waals surface area contributed by atoms with Gasteiger partial charge in [0.15, 0.2) is 0 Å². The second-order valence-electron chi connectivity index (χ2n) is 5.37. The normalized spacial score (nSPS) is 20.2. The Morgan fingerprint density at radius 2 is 2.29 bits per heavy atom. The van der Waals surface area contributed by atoms with Crippen molar-refractivity contribution in [1.29, 1.82) is 5.26 Å². The number of pyridine rings is 1. The second kappa shape index (κ2) is 5.68. The van der Waals surface area contributed by atoms with Gasteiger partial charge in [-0.3, -0.25) is 0 Å². The van der Waals surface area contributed by atoms with Crippen molar-refractivity contribution < 1.29 is 4.74 Å². The van der Waals surface area contributed by atoms with Gasteiger partial charge >= 0.3 is 0 Å². The zero-order valence-electron chi connectivity index (χ0n) is 12.0. The molecule has 2 N–H and O–H groups in total. The SMILES string of the molecule is CC(N)C1CN(c2cc(C#N)c3ccccc3n2)CCO1. The second-order valence-corrected chi connectivity index (χ2v) is 5.37. The van der Waals surface area contributed by atoms with Crippen molar-refractivity contribution in [2.75, 3.05) is 24.6 Å². The summed E-state index contributed by atoms with van der Waals surface area (Å²) in [6.07, 6.45) is -0.00226. The van der Waals surface area contributed by atoms with Crippen LogP contribution in [0.25, 0.3) is 10.9 Å². The lowest BCUT2D eigenvalue weighted by atomic mass is 10.1. The van der Waals surface area contributed by atoms with E-state index >= 15 is 0 Å². The summed E-state index contributed by atoms with van der Waals surface area (Å²) >= 11 is 0. The first kappa shape index (κ1) is 13.8. The molecule has 2 atom stereocenters. The zero-order chi connectivity index (χ0) is 14.8. The molecule has 1 aliphatic rings. The molecule has 0 spiro atoms. The number of hydrogen-bond acceptors (Lipinski definition) is 5. The molecule has 0 bridgehead atoms. The first-order valence-electron chi connectivity index (χ1n) is 7.11. The predicted octanol–water partition coefficient (Wildman–Crippen LogP) is 1.66. The van der Waals surface area contributed by atoms with Gasteiger partial charge in [0, 0.05) is 24.5 Å². The van der Waals surface area contributed by atoms with E-state index in [9.17, 15) is 5.26 Å². The Balaban J connectivity index is 1.99. The minimum atomic E-state index is -0.0244. The van der Waals surface area contributed by atoms with E-state index in [1.54, 1.807) is 0 Å². The number of nitriles is 1. The maximum absolute atomic E-state index is 9.36. The molecule has 1 saturated heterocycles. The van der Waals surface area contributed by atoms with Crippen LogP contribution in [0.2, 0.25) is 0 Å². The summed E-state index contributed by atoms with van der Waals surface area (Å²) in [6.45, 7) is 4.04. The fraction of sp³-hybridized carbons (Fsp3) is 0.375. The topological polar surface area (TPSA) is 75.2 Å². The van der Waals surface area contributed by atoms with Crippen LogP contribution < -0.4 is 10.6 Å². The average molecular weight is 282 g/mol. The van der Waals surface area contributed by atoms with Gasteiger partial charge in [0.05, 0.1) is 29.9 Å². The van der Waals surface area contributed by atoms with Gasteiger partial charge in [0.1, 0.15) is 5.82 Å². The van der Waals surface area contributed by atoms with E-state index < -0.39 is 0 Å². The maximum atomic E-state index is 9.36. The van der Waals surface area contributed by atoms with E-state index in [-0.39, 0.29) is 12.1 Å². The molecule has 21 heavy (non-hydrogen) atoms. The van der Waals surface area contributed by atoms with Crippen LogP contribution in [0.5, 0.6) is 0 Å². The van der Waals surface area contributed by atoms with Crippen LogP contribution in [0.15, 0.2) is 30.3 Å². The molecule has 2 unspecified atom stereocenters. The first-order chi connectivity index (χ1) is 10.2. The molecule has 0 aliphatic carbocycles. The third-order valence-corrected chi connectivity index (χ3v) is 3.83. The van der Waals surface area contributed by atoms with Gasteiger partial charge in [0.2, 0.25) is 0 Å². The number of fused-ring (bicyclic) bond motifs is 1.